The van der Waals surface area contributed by atoms with Crippen LogP contribution in [0.4, 0.5) is 13.2 Å². The van der Waals surface area contributed by atoms with Crippen LogP contribution in [0.15, 0.2) is 115 Å². The molecule has 292 valence electrons. The van der Waals surface area contributed by atoms with Gasteiger partial charge in [0.15, 0.2) is 17.3 Å². The molecule has 0 saturated carbocycles. The molecule has 0 aromatic heterocycles. The molecule has 0 spiro atoms. The molecule has 0 aliphatic heterocycles. The van der Waals surface area contributed by atoms with Crippen LogP contribution in [-0.4, -0.2) is 70.6 Å². The highest BCUT2D eigenvalue weighted by Crippen LogP contribution is 2.33. The van der Waals surface area contributed by atoms with Gasteiger partial charge in [0.05, 0.1) is 32.0 Å². The molecule has 5 rings (SSSR count). The smallest absolute Gasteiger partial charge is 0.416 e. The zero-order chi connectivity index (χ0) is 39.9. The fourth-order valence-corrected chi connectivity index (χ4v) is 5.54. The maximum Gasteiger partial charge on any atom is 0.416 e. The van der Waals surface area contributed by atoms with Gasteiger partial charge in [0.1, 0.15) is 26.4 Å². The third-order valence-electron chi connectivity index (χ3n) is 8.37. The van der Waals surface area contributed by atoms with Gasteiger partial charge >= 0.3 is 18.1 Å². The highest BCUT2D eigenvalue weighted by molar-refractivity contribution is 6.09. The van der Waals surface area contributed by atoms with Crippen molar-refractivity contribution in [2.75, 3.05) is 52.9 Å². The van der Waals surface area contributed by atoms with Crippen LogP contribution < -0.4 is 9.47 Å². The van der Waals surface area contributed by atoms with Gasteiger partial charge in [-0.05, 0) is 63.7 Å². The summed E-state index contributed by atoms with van der Waals surface area (Å²) >= 11 is 0. The van der Waals surface area contributed by atoms with E-state index in [2.05, 4.69) is 0 Å². The third-order valence-corrected chi connectivity index (χ3v) is 8.37. The van der Waals surface area contributed by atoms with E-state index in [1.807, 2.05) is 60.7 Å². The quantitative estimate of drug-likeness (QED) is 0.0463. The maximum absolute atomic E-state index is 13.6. The Labute approximate surface area is 322 Å². The Morgan fingerprint density at radius 3 is 1.21 bits per heavy atom. The van der Waals surface area contributed by atoms with Crippen molar-refractivity contribution in [3.63, 3.8) is 0 Å². The lowest BCUT2D eigenvalue weighted by molar-refractivity contribution is -0.143. The lowest BCUT2D eigenvalue weighted by Gasteiger charge is -2.15. The molecular weight excluding hydrogens is 729 g/mol. The molecule has 12 heteroatoms. The van der Waals surface area contributed by atoms with Gasteiger partial charge in [0.25, 0.3) is 0 Å². The number of ketones is 1. The molecule has 0 radical (unpaired) electrons. The summed E-state index contributed by atoms with van der Waals surface area (Å²) in [7, 11) is 0. The van der Waals surface area contributed by atoms with Crippen molar-refractivity contribution in [2.24, 2.45) is 0 Å². The standard InChI is InChI=1S/C44H41F3O9/c1-30(48)53-25-21-51-23-27-55-41-20-17-39(29-42(41)56-28-24-52-22-26-54-31(2)49)43(50)38-13-11-36(12-14-38)34-5-3-32(4-6-34)33-7-9-35(10-8-33)37-15-18-40(19-16-37)44(45,46)47/h3-20,29H,21-28H2,1-2H3. The first-order valence-corrected chi connectivity index (χ1v) is 17.8. The monoisotopic (exact) mass is 770 g/mol. The molecule has 0 unspecified atom stereocenters. The molecule has 5 aromatic carbocycles. The first-order valence-electron chi connectivity index (χ1n) is 17.8. The fraction of sp³-hybridized carbons (Fsp3) is 0.250. The Morgan fingerprint density at radius 2 is 0.804 bits per heavy atom. The zero-order valence-corrected chi connectivity index (χ0v) is 30.9. The minimum absolute atomic E-state index is 0.128. The number of hydrogen-bond acceptors (Lipinski definition) is 9. The summed E-state index contributed by atoms with van der Waals surface area (Å²) in [6, 6.07) is 32.9. The van der Waals surface area contributed by atoms with E-state index in [0.29, 0.717) is 28.2 Å². The van der Waals surface area contributed by atoms with Gasteiger partial charge in [0.2, 0.25) is 0 Å². The van der Waals surface area contributed by atoms with E-state index in [0.717, 1.165) is 39.9 Å². The second-order valence-electron chi connectivity index (χ2n) is 12.4. The summed E-state index contributed by atoms with van der Waals surface area (Å²) in [5.74, 6) is -0.250. The van der Waals surface area contributed by atoms with Crippen LogP contribution >= 0.6 is 0 Å². The van der Waals surface area contributed by atoms with Gasteiger partial charge in [-0.1, -0.05) is 84.9 Å². The first-order chi connectivity index (χ1) is 27.0. The molecule has 0 aliphatic carbocycles. The summed E-state index contributed by atoms with van der Waals surface area (Å²) in [5, 5.41) is 0. The summed E-state index contributed by atoms with van der Waals surface area (Å²) in [6.45, 7) is 4.12. The van der Waals surface area contributed by atoms with Crippen LogP contribution in [0.2, 0.25) is 0 Å². The molecule has 0 saturated heterocycles. The Hall–Kier alpha value is -5.98. The van der Waals surface area contributed by atoms with E-state index >= 15 is 0 Å². The van der Waals surface area contributed by atoms with Crippen LogP contribution in [0.1, 0.15) is 35.3 Å². The second kappa shape index (κ2) is 20.1. The van der Waals surface area contributed by atoms with Gasteiger partial charge in [-0.25, -0.2) is 0 Å². The van der Waals surface area contributed by atoms with Crippen molar-refractivity contribution in [3.05, 3.63) is 132 Å². The van der Waals surface area contributed by atoms with Crippen molar-refractivity contribution in [1.82, 2.24) is 0 Å². The van der Waals surface area contributed by atoms with Crippen molar-refractivity contribution in [3.8, 4) is 44.9 Å². The number of carbonyl (C=O) groups is 3. The number of alkyl halides is 3. The first kappa shape index (κ1) is 41.2. The van der Waals surface area contributed by atoms with E-state index in [9.17, 15) is 27.6 Å². The lowest BCUT2D eigenvalue weighted by Crippen LogP contribution is -2.14. The molecule has 0 amide bonds. The third kappa shape index (κ3) is 12.3. The average Bonchev–Trinajstić information content (AvgIpc) is 3.20. The van der Waals surface area contributed by atoms with E-state index in [1.165, 1.54) is 26.0 Å². The molecule has 5 aromatic rings. The SMILES string of the molecule is CC(=O)OCCOCCOc1ccc(C(=O)c2ccc(-c3ccc(-c4ccc(-c5ccc(C(F)(F)F)cc5)cc4)cc3)cc2)cc1OCCOCCOC(C)=O. The number of carbonyl (C=O) groups excluding carboxylic acids is 3. The van der Waals surface area contributed by atoms with Crippen molar-refractivity contribution < 1.29 is 56.0 Å². The summed E-state index contributed by atoms with van der Waals surface area (Å²) in [5.41, 5.74) is 5.52. The molecule has 0 heterocycles. The van der Waals surface area contributed by atoms with Gasteiger partial charge in [-0.3, -0.25) is 14.4 Å². The largest absolute Gasteiger partial charge is 0.487 e. The molecule has 0 fully saturated rings. The lowest BCUT2D eigenvalue weighted by atomic mass is 9.96. The van der Waals surface area contributed by atoms with Gasteiger partial charge in [-0.2, -0.15) is 13.2 Å². The number of ether oxygens (including phenoxy) is 6. The molecule has 0 bridgehead atoms. The Bertz CT molecular complexity index is 2040. The Morgan fingerprint density at radius 1 is 0.446 bits per heavy atom. The van der Waals surface area contributed by atoms with Crippen molar-refractivity contribution in [1.29, 1.82) is 0 Å². The number of hydrogen-bond donors (Lipinski definition) is 0. The Kier molecular flexibility index (Phi) is 14.8. The van der Waals surface area contributed by atoms with Gasteiger partial charge in [-0.15, -0.1) is 0 Å². The molecule has 56 heavy (non-hydrogen) atoms. The fourth-order valence-electron chi connectivity index (χ4n) is 5.54. The van der Waals surface area contributed by atoms with Crippen LogP contribution in [0, 0.1) is 0 Å². The number of benzene rings is 5. The maximum atomic E-state index is 13.6. The normalized spacial score (nSPS) is 11.2. The zero-order valence-electron chi connectivity index (χ0n) is 30.9. The summed E-state index contributed by atoms with van der Waals surface area (Å²) in [6.07, 6.45) is -4.38. The predicted molar refractivity (Wildman–Crippen MR) is 204 cm³/mol. The highest BCUT2D eigenvalue weighted by atomic mass is 19.4. The van der Waals surface area contributed by atoms with Crippen molar-refractivity contribution >= 4 is 17.7 Å². The van der Waals surface area contributed by atoms with Crippen LogP contribution in [-0.2, 0) is 34.7 Å². The van der Waals surface area contributed by atoms with Crippen LogP contribution in [0.25, 0.3) is 33.4 Å². The van der Waals surface area contributed by atoms with Crippen molar-refractivity contribution in [2.45, 2.75) is 20.0 Å². The molecular formula is C44H41F3O9. The Balaban J connectivity index is 1.20. The minimum Gasteiger partial charge on any atom is -0.487 e. The van der Waals surface area contributed by atoms with Crippen LogP contribution in [0.5, 0.6) is 11.5 Å². The molecule has 0 atom stereocenters. The number of halogens is 3. The molecule has 9 nitrogen and oxygen atoms in total. The highest BCUT2D eigenvalue weighted by Gasteiger charge is 2.30. The summed E-state index contributed by atoms with van der Waals surface area (Å²) in [4.78, 5) is 35.4. The number of rotatable bonds is 19. The average molecular weight is 771 g/mol. The summed E-state index contributed by atoms with van der Waals surface area (Å²) < 4.78 is 71.2. The van der Waals surface area contributed by atoms with Gasteiger partial charge < -0.3 is 28.4 Å². The van der Waals surface area contributed by atoms with E-state index in [4.69, 9.17) is 28.4 Å². The van der Waals surface area contributed by atoms with E-state index in [-0.39, 0.29) is 64.6 Å². The van der Waals surface area contributed by atoms with E-state index < -0.39 is 17.7 Å². The molecule has 0 N–H and O–H groups in total. The van der Waals surface area contributed by atoms with Crippen LogP contribution in [0.3, 0.4) is 0 Å². The van der Waals surface area contributed by atoms with Gasteiger partial charge in [0, 0.05) is 25.0 Å². The number of esters is 2. The topological polar surface area (TPSA) is 107 Å². The van der Waals surface area contributed by atoms with E-state index in [1.54, 1.807) is 30.3 Å². The predicted octanol–water partition coefficient (Wildman–Crippen LogP) is 8.85. The minimum atomic E-state index is -4.38. The second-order valence-corrected chi connectivity index (χ2v) is 12.4. The molecule has 0 aliphatic rings.